The van der Waals surface area contributed by atoms with E-state index in [2.05, 4.69) is 20.4 Å². The highest BCUT2D eigenvalue weighted by Crippen LogP contribution is 2.20. The maximum absolute atomic E-state index is 12.3. The van der Waals surface area contributed by atoms with Gasteiger partial charge in [-0.1, -0.05) is 6.07 Å². The van der Waals surface area contributed by atoms with Gasteiger partial charge < -0.3 is 10.2 Å². The Bertz CT molecular complexity index is 711. The second-order valence-electron chi connectivity index (χ2n) is 6.12. The zero-order valence-corrected chi connectivity index (χ0v) is 13.7. The van der Waals surface area contributed by atoms with Crippen LogP contribution >= 0.6 is 0 Å². The molecule has 1 aliphatic rings. The quantitative estimate of drug-likeness (QED) is 0.864. The number of hydrogen-bond donors (Lipinski definition) is 1. The Labute approximate surface area is 139 Å². The lowest BCUT2D eigenvalue weighted by molar-refractivity contribution is -0.130. The van der Waals surface area contributed by atoms with E-state index in [1.807, 2.05) is 26.0 Å². The monoisotopic (exact) mass is 328 g/mol. The van der Waals surface area contributed by atoms with Gasteiger partial charge in [0.05, 0.1) is 5.92 Å². The molecule has 1 unspecified atom stereocenters. The Morgan fingerprint density at radius 3 is 2.83 bits per heavy atom. The number of carbonyl (C=O) groups excluding carboxylic acids is 2. The smallest absolute Gasteiger partial charge is 0.225 e. The number of carbonyl (C=O) groups is 2. The van der Waals surface area contributed by atoms with Gasteiger partial charge in [0.1, 0.15) is 12.7 Å². The summed E-state index contributed by atoms with van der Waals surface area (Å²) in [5.74, 6) is 0.342. The number of likely N-dealkylation sites (tertiary alicyclic amines) is 1. The standard InChI is InChI=1S/C16H20N6O2/c1-11(2)21-8-13(5-15(21)23)16(24)19-7-12-3-4-14(18-6-12)22-10-17-9-20-22/h3-4,6,9-11,13H,5,7-8H2,1-2H3,(H,19,24). The molecule has 1 saturated heterocycles. The third-order valence-corrected chi connectivity index (χ3v) is 4.08. The van der Waals surface area contributed by atoms with Crippen molar-refractivity contribution < 1.29 is 9.59 Å². The molecule has 2 aromatic heterocycles. The Morgan fingerprint density at radius 1 is 1.42 bits per heavy atom. The number of pyridine rings is 1. The maximum Gasteiger partial charge on any atom is 0.225 e. The lowest BCUT2D eigenvalue weighted by Gasteiger charge is -2.20. The van der Waals surface area contributed by atoms with Crippen LogP contribution in [0.25, 0.3) is 5.82 Å². The van der Waals surface area contributed by atoms with Gasteiger partial charge in [0, 0.05) is 31.7 Å². The number of rotatable bonds is 5. The van der Waals surface area contributed by atoms with Crippen LogP contribution in [0.3, 0.4) is 0 Å². The summed E-state index contributed by atoms with van der Waals surface area (Å²) in [6.45, 7) is 4.79. The van der Waals surface area contributed by atoms with Crippen molar-refractivity contribution in [1.29, 1.82) is 0 Å². The fourth-order valence-electron chi connectivity index (χ4n) is 2.72. The lowest BCUT2D eigenvalue weighted by Crippen LogP contribution is -2.35. The predicted molar refractivity (Wildman–Crippen MR) is 86.0 cm³/mol. The summed E-state index contributed by atoms with van der Waals surface area (Å²) in [6.07, 6.45) is 4.99. The minimum Gasteiger partial charge on any atom is -0.352 e. The number of amides is 2. The second-order valence-corrected chi connectivity index (χ2v) is 6.12. The van der Waals surface area contributed by atoms with Gasteiger partial charge in [-0.15, -0.1) is 0 Å². The molecule has 1 fully saturated rings. The Kier molecular flexibility index (Phi) is 4.54. The van der Waals surface area contributed by atoms with Crippen LogP contribution in [-0.2, 0) is 16.1 Å². The van der Waals surface area contributed by atoms with Crippen molar-refractivity contribution in [3.63, 3.8) is 0 Å². The maximum atomic E-state index is 12.3. The van der Waals surface area contributed by atoms with Gasteiger partial charge in [-0.2, -0.15) is 5.10 Å². The van der Waals surface area contributed by atoms with Crippen LogP contribution in [0.1, 0.15) is 25.8 Å². The highest BCUT2D eigenvalue weighted by molar-refractivity contribution is 5.89. The van der Waals surface area contributed by atoms with Crippen LogP contribution in [0.5, 0.6) is 0 Å². The average Bonchev–Trinajstić information content (AvgIpc) is 3.22. The molecule has 1 N–H and O–H groups in total. The zero-order valence-electron chi connectivity index (χ0n) is 13.7. The molecule has 3 heterocycles. The lowest BCUT2D eigenvalue weighted by atomic mass is 10.1. The molecular formula is C16H20N6O2. The Hall–Kier alpha value is -2.77. The number of nitrogens with zero attached hydrogens (tertiary/aromatic N) is 5. The average molecular weight is 328 g/mol. The molecule has 2 amide bonds. The topological polar surface area (TPSA) is 93.0 Å². The number of hydrogen-bond acceptors (Lipinski definition) is 5. The van der Waals surface area contributed by atoms with Crippen molar-refractivity contribution in [2.75, 3.05) is 6.54 Å². The molecule has 0 aromatic carbocycles. The molecule has 3 rings (SSSR count). The van der Waals surface area contributed by atoms with Crippen molar-refractivity contribution >= 4 is 11.8 Å². The summed E-state index contributed by atoms with van der Waals surface area (Å²) < 4.78 is 1.56. The first kappa shape index (κ1) is 16.1. The summed E-state index contributed by atoms with van der Waals surface area (Å²) in [5, 5.41) is 6.89. The van der Waals surface area contributed by atoms with Gasteiger partial charge in [0.2, 0.25) is 11.8 Å². The van der Waals surface area contributed by atoms with Crippen molar-refractivity contribution in [2.45, 2.75) is 32.9 Å². The van der Waals surface area contributed by atoms with E-state index in [0.717, 1.165) is 5.56 Å². The molecule has 8 heteroatoms. The summed E-state index contributed by atoms with van der Waals surface area (Å²) in [7, 11) is 0. The molecule has 0 spiro atoms. The Balaban J connectivity index is 1.54. The van der Waals surface area contributed by atoms with Gasteiger partial charge in [0.15, 0.2) is 5.82 Å². The summed E-state index contributed by atoms with van der Waals surface area (Å²) in [5.41, 5.74) is 0.886. The highest BCUT2D eigenvalue weighted by Gasteiger charge is 2.35. The van der Waals surface area contributed by atoms with Gasteiger partial charge in [-0.25, -0.2) is 14.6 Å². The van der Waals surface area contributed by atoms with Crippen LogP contribution in [0, 0.1) is 5.92 Å². The van der Waals surface area contributed by atoms with Crippen molar-refractivity contribution in [1.82, 2.24) is 30.0 Å². The molecule has 0 radical (unpaired) electrons. The van der Waals surface area contributed by atoms with Crippen molar-refractivity contribution in [2.24, 2.45) is 5.92 Å². The third kappa shape index (κ3) is 3.42. The van der Waals surface area contributed by atoms with Gasteiger partial charge in [0.25, 0.3) is 0 Å². The second kappa shape index (κ2) is 6.77. The summed E-state index contributed by atoms with van der Waals surface area (Å²) in [4.78, 5) is 34.0. The Morgan fingerprint density at radius 2 is 2.25 bits per heavy atom. The highest BCUT2D eigenvalue weighted by atomic mass is 16.2. The first-order valence-corrected chi connectivity index (χ1v) is 7.91. The minimum absolute atomic E-state index is 0.0454. The summed E-state index contributed by atoms with van der Waals surface area (Å²) >= 11 is 0. The van der Waals surface area contributed by atoms with E-state index in [1.54, 1.807) is 22.1 Å². The summed E-state index contributed by atoms with van der Waals surface area (Å²) in [6, 6.07) is 3.82. The van der Waals surface area contributed by atoms with Crippen LogP contribution in [-0.4, -0.2) is 49.0 Å². The molecule has 0 aliphatic carbocycles. The van der Waals surface area contributed by atoms with E-state index in [-0.39, 0.29) is 30.2 Å². The van der Waals surface area contributed by atoms with Gasteiger partial charge in [-0.05, 0) is 25.5 Å². The molecule has 1 atom stereocenters. The largest absolute Gasteiger partial charge is 0.352 e. The van der Waals surface area contributed by atoms with Gasteiger partial charge >= 0.3 is 0 Å². The SMILES string of the molecule is CC(C)N1CC(C(=O)NCc2ccc(-n3cncn3)nc2)CC1=O. The van der Waals surface area contributed by atoms with Crippen LogP contribution in [0.15, 0.2) is 31.0 Å². The van der Waals surface area contributed by atoms with Crippen molar-refractivity contribution in [3.8, 4) is 5.82 Å². The molecule has 24 heavy (non-hydrogen) atoms. The number of aromatic nitrogens is 4. The molecule has 126 valence electrons. The molecule has 1 aliphatic heterocycles. The fourth-order valence-corrected chi connectivity index (χ4v) is 2.72. The van der Waals surface area contributed by atoms with Crippen molar-refractivity contribution in [3.05, 3.63) is 36.5 Å². The van der Waals surface area contributed by atoms with E-state index in [0.29, 0.717) is 18.9 Å². The van der Waals surface area contributed by atoms with E-state index in [4.69, 9.17) is 0 Å². The van der Waals surface area contributed by atoms with E-state index >= 15 is 0 Å². The third-order valence-electron chi connectivity index (χ3n) is 4.08. The first-order chi connectivity index (χ1) is 11.5. The zero-order chi connectivity index (χ0) is 17.1. The first-order valence-electron chi connectivity index (χ1n) is 7.91. The molecule has 2 aromatic rings. The van der Waals surface area contributed by atoms with Gasteiger partial charge in [-0.3, -0.25) is 9.59 Å². The van der Waals surface area contributed by atoms with E-state index in [1.165, 1.54) is 6.33 Å². The van der Waals surface area contributed by atoms with Crippen LogP contribution in [0.4, 0.5) is 0 Å². The van der Waals surface area contributed by atoms with E-state index in [9.17, 15) is 9.59 Å². The number of nitrogens with one attached hydrogen (secondary N) is 1. The predicted octanol–water partition coefficient (Wildman–Crippen LogP) is 0.535. The molecule has 0 bridgehead atoms. The fraction of sp³-hybridized carbons (Fsp3) is 0.438. The molecule has 0 saturated carbocycles. The van der Waals surface area contributed by atoms with Crippen LogP contribution in [0.2, 0.25) is 0 Å². The minimum atomic E-state index is -0.276. The molecule has 8 nitrogen and oxygen atoms in total. The van der Waals surface area contributed by atoms with E-state index < -0.39 is 0 Å². The van der Waals surface area contributed by atoms with Crippen LogP contribution < -0.4 is 5.32 Å². The normalized spacial score (nSPS) is 17.5. The molecular weight excluding hydrogens is 308 g/mol.